The number of rotatable bonds is 3. The molecule has 0 bridgehead atoms. The van der Waals surface area contributed by atoms with Crippen molar-refractivity contribution in [3.63, 3.8) is 0 Å². The highest BCUT2D eigenvalue weighted by atomic mass is 32.2. The second-order valence-corrected chi connectivity index (χ2v) is 6.22. The number of nitrogens with one attached hydrogen (secondary N) is 1. The van der Waals surface area contributed by atoms with Crippen molar-refractivity contribution in [2.75, 3.05) is 0 Å². The van der Waals surface area contributed by atoms with Crippen LogP contribution in [0.2, 0.25) is 0 Å². The number of aromatic amines is 1. The number of imidazole rings is 1. The minimum Gasteiger partial charge on any atom is -0.364 e. The third kappa shape index (κ3) is 2.42. The highest BCUT2D eigenvalue weighted by Gasteiger charge is 2.15. The zero-order valence-corrected chi connectivity index (χ0v) is 12.6. The van der Waals surface area contributed by atoms with Crippen LogP contribution in [0, 0.1) is 6.92 Å². The van der Waals surface area contributed by atoms with E-state index in [1.54, 1.807) is 13.1 Å². The molecule has 1 aromatic carbocycles. The van der Waals surface area contributed by atoms with Crippen molar-refractivity contribution in [2.45, 2.75) is 17.8 Å². The molecule has 0 amide bonds. The number of aromatic nitrogens is 3. The molecule has 0 aliphatic heterocycles. The summed E-state index contributed by atoms with van der Waals surface area (Å²) in [5.41, 5.74) is 3.00. The maximum absolute atomic E-state index is 12.6. The highest BCUT2D eigenvalue weighted by molar-refractivity contribution is 7.84. The Kier molecular flexibility index (Phi) is 3.47. The molecule has 21 heavy (non-hydrogen) atoms. The number of aryl methyl sites for hydroxylation is 1. The van der Waals surface area contributed by atoms with Gasteiger partial charge in [-0.05, 0) is 19.1 Å². The van der Waals surface area contributed by atoms with Crippen molar-refractivity contribution in [2.24, 2.45) is 7.05 Å². The van der Waals surface area contributed by atoms with Gasteiger partial charge in [-0.3, -0.25) is 9.00 Å². The summed E-state index contributed by atoms with van der Waals surface area (Å²) < 4.78 is 14.4. The summed E-state index contributed by atoms with van der Waals surface area (Å²) in [4.78, 5) is 19.1. The third-order valence-electron chi connectivity index (χ3n) is 3.54. The van der Waals surface area contributed by atoms with Gasteiger partial charge in [-0.25, -0.2) is 4.98 Å². The topological polar surface area (TPSA) is 67.8 Å². The van der Waals surface area contributed by atoms with E-state index in [9.17, 15) is 9.00 Å². The predicted molar refractivity (Wildman–Crippen MR) is 82.6 cm³/mol. The maximum atomic E-state index is 12.6. The van der Waals surface area contributed by atoms with E-state index in [-0.39, 0.29) is 11.2 Å². The van der Waals surface area contributed by atoms with E-state index in [0.29, 0.717) is 16.4 Å². The molecule has 0 aliphatic rings. The van der Waals surface area contributed by atoms with Gasteiger partial charge in [0.2, 0.25) is 0 Å². The van der Waals surface area contributed by atoms with Gasteiger partial charge >= 0.3 is 0 Å². The zero-order chi connectivity index (χ0) is 15.0. The molecule has 0 aliphatic carbocycles. The van der Waals surface area contributed by atoms with E-state index >= 15 is 0 Å². The summed E-state index contributed by atoms with van der Waals surface area (Å²) in [5.74, 6) is 0.249. The molecule has 0 radical (unpaired) electrons. The Labute approximate surface area is 124 Å². The van der Waals surface area contributed by atoms with E-state index in [1.165, 1.54) is 6.07 Å². The molecule has 0 fully saturated rings. The largest absolute Gasteiger partial charge is 0.364 e. The van der Waals surface area contributed by atoms with Crippen molar-refractivity contribution in [3.8, 4) is 0 Å². The maximum Gasteiger partial charge on any atom is 0.200 e. The first-order chi connectivity index (χ1) is 10.1. The van der Waals surface area contributed by atoms with Gasteiger partial charge in [0.1, 0.15) is 0 Å². The zero-order valence-electron chi connectivity index (χ0n) is 11.8. The van der Waals surface area contributed by atoms with Gasteiger partial charge in [-0.2, -0.15) is 0 Å². The van der Waals surface area contributed by atoms with Crippen molar-refractivity contribution < 1.29 is 4.21 Å². The number of H-pyrrole nitrogens is 1. The van der Waals surface area contributed by atoms with Crippen LogP contribution < -0.4 is 5.43 Å². The van der Waals surface area contributed by atoms with E-state index in [2.05, 4.69) is 9.97 Å². The van der Waals surface area contributed by atoms with E-state index in [4.69, 9.17) is 0 Å². The van der Waals surface area contributed by atoms with Crippen LogP contribution in [-0.2, 0) is 23.6 Å². The predicted octanol–water partition coefficient (Wildman–Crippen LogP) is 1.88. The number of benzene rings is 1. The average molecular weight is 301 g/mol. The lowest BCUT2D eigenvalue weighted by molar-refractivity contribution is 0.666. The Balaban J connectivity index is 1.99. The molecule has 0 saturated carbocycles. The van der Waals surface area contributed by atoms with Gasteiger partial charge in [0.25, 0.3) is 0 Å². The van der Waals surface area contributed by atoms with E-state index in [0.717, 1.165) is 11.0 Å². The molecule has 3 aromatic rings. The summed E-state index contributed by atoms with van der Waals surface area (Å²) in [7, 11) is 0.535. The van der Waals surface area contributed by atoms with Crippen LogP contribution in [0.15, 0.2) is 46.5 Å². The lowest BCUT2D eigenvalue weighted by Gasteiger charge is -2.05. The lowest BCUT2D eigenvalue weighted by atomic mass is 10.2. The molecule has 2 heterocycles. The standard InChI is InChI=1S/C15H15N3O2S/c1-10-12(16-8-7-14(10)19)9-21(20)15-17-11-5-3-4-6-13(11)18(15)2/h3-8H,9H2,1-2H3,(H,16,19). The molecule has 0 saturated heterocycles. The molecule has 1 unspecified atom stereocenters. The van der Waals surface area contributed by atoms with Crippen molar-refractivity contribution >= 4 is 21.8 Å². The van der Waals surface area contributed by atoms with Crippen LogP contribution in [0.1, 0.15) is 11.3 Å². The third-order valence-corrected chi connectivity index (χ3v) is 4.86. The Morgan fingerprint density at radius 1 is 1.29 bits per heavy atom. The minimum atomic E-state index is -1.32. The number of hydrogen-bond donors (Lipinski definition) is 1. The monoisotopic (exact) mass is 301 g/mol. The molecule has 5 nitrogen and oxygen atoms in total. The molecule has 3 rings (SSSR count). The molecule has 108 valence electrons. The van der Waals surface area contributed by atoms with Gasteiger partial charge < -0.3 is 9.55 Å². The minimum absolute atomic E-state index is 0.0502. The van der Waals surface area contributed by atoms with Crippen LogP contribution >= 0.6 is 0 Å². The number of hydrogen-bond acceptors (Lipinski definition) is 3. The Bertz CT molecular complexity index is 895. The van der Waals surface area contributed by atoms with Crippen LogP contribution in [-0.4, -0.2) is 18.7 Å². The second kappa shape index (κ2) is 5.29. The fraction of sp³-hybridized carbons (Fsp3) is 0.200. The summed E-state index contributed by atoms with van der Waals surface area (Å²) in [6.07, 6.45) is 1.58. The van der Waals surface area contributed by atoms with Gasteiger partial charge in [-0.15, -0.1) is 0 Å². The first-order valence-electron chi connectivity index (χ1n) is 6.55. The Morgan fingerprint density at radius 2 is 2.05 bits per heavy atom. The molecular weight excluding hydrogens is 286 g/mol. The Hall–Kier alpha value is -2.21. The number of nitrogens with zero attached hydrogens (tertiary/aromatic N) is 2. The van der Waals surface area contributed by atoms with Crippen LogP contribution in [0.3, 0.4) is 0 Å². The average Bonchev–Trinajstić information content (AvgIpc) is 2.82. The van der Waals surface area contributed by atoms with Gasteiger partial charge in [0, 0.05) is 30.6 Å². The smallest absolute Gasteiger partial charge is 0.200 e. The first-order valence-corrected chi connectivity index (χ1v) is 7.87. The SMILES string of the molecule is Cc1c(CS(=O)c2nc3ccccc3n2C)[nH]ccc1=O. The summed E-state index contributed by atoms with van der Waals surface area (Å²) in [6, 6.07) is 9.14. The van der Waals surface area contributed by atoms with Crippen molar-refractivity contribution in [1.29, 1.82) is 0 Å². The van der Waals surface area contributed by atoms with Crippen molar-refractivity contribution in [1.82, 2.24) is 14.5 Å². The van der Waals surface area contributed by atoms with Crippen LogP contribution in [0.25, 0.3) is 11.0 Å². The molecule has 1 atom stereocenters. The Morgan fingerprint density at radius 3 is 2.81 bits per heavy atom. The fourth-order valence-electron chi connectivity index (χ4n) is 2.27. The summed E-state index contributed by atoms with van der Waals surface area (Å²) in [6.45, 7) is 1.74. The molecule has 0 spiro atoms. The molecule has 1 N–H and O–H groups in total. The molecule has 2 aromatic heterocycles. The number of pyridine rings is 1. The van der Waals surface area contributed by atoms with E-state index < -0.39 is 10.8 Å². The lowest BCUT2D eigenvalue weighted by Crippen LogP contribution is -2.12. The van der Waals surface area contributed by atoms with E-state index in [1.807, 2.05) is 35.9 Å². The van der Waals surface area contributed by atoms with Crippen LogP contribution in [0.5, 0.6) is 0 Å². The normalized spacial score (nSPS) is 12.7. The molecule has 6 heteroatoms. The first kappa shape index (κ1) is 13.8. The summed E-state index contributed by atoms with van der Waals surface area (Å²) >= 11 is 0. The number of fused-ring (bicyclic) bond motifs is 1. The van der Waals surface area contributed by atoms with Crippen LogP contribution in [0.4, 0.5) is 0 Å². The van der Waals surface area contributed by atoms with Gasteiger partial charge in [0.15, 0.2) is 10.6 Å². The summed E-state index contributed by atoms with van der Waals surface area (Å²) in [5, 5.41) is 0.514. The fourth-order valence-corrected chi connectivity index (χ4v) is 3.57. The highest BCUT2D eigenvalue weighted by Crippen LogP contribution is 2.18. The quantitative estimate of drug-likeness (QED) is 0.803. The number of para-hydroxylation sites is 2. The second-order valence-electron chi connectivity index (χ2n) is 4.88. The molecular formula is C15H15N3O2S. The van der Waals surface area contributed by atoms with Crippen molar-refractivity contribution in [3.05, 3.63) is 58.0 Å². The van der Waals surface area contributed by atoms with Gasteiger partial charge in [-0.1, -0.05) is 12.1 Å². The van der Waals surface area contributed by atoms with Gasteiger partial charge in [0.05, 0.1) is 27.6 Å².